The summed E-state index contributed by atoms with van der Waals surface area (Å²) in [6.07, 6.45) is 5.11. The molecule has 2 aromatic rings. The molecule has 8 heteroatoms. The topological polar surface area (TPSA) is 100 Å². The van der Waals surface area contributed by atoms with Gasteiger partial charge in [-0.3, -0.25) is 14.2 Å². The minimum absolute atomic E-state index is 0.00841. The van der Waals surface area contributed by atoms with Crippen LogP contribution < -0.4 is 11.0 Å². The zero-order valence-electron chi connectivity index (χ0n) is 23.0. The van der Waals surface area contributed by atoms with Crippen LogP contribution in [0.2, 0.25) is 0 Å². The first-order valence-corrected chi connectivity index (χ1v) is 13.4. The van der Waals surface area contributed by atoms with Gasteiger partial charge in [0.1, 0.15) is 0 Å². The van der Waals surface area contributed by atoms with Gasteiger partial charge in [-0.25, -0.2) is 9.78 Å². The van der Waals surface area contributed by atoms with E-state index in [-0.39, 0.29) is 46.2 Å². The van der Waals surface area contributed by atoms with Crippen molar-refractivity contribution in [3.63, 3.8) is 0 Å². The van der Waals surface area contributed by atoms with Gasteiger partial charge in [-0.15, -0.1) is 0 Å². The van der Waals surface area contributed by atoms with Crippen LogP contribution in [-0.4, -0.2) is 50.4 Å². The molecule has 0 spiro atoms. The number of hydrogen-bond acceptors (Lipinski definition) is 4. The first-order chi connectivity index (χ1) is 16.7. The Hall–Kier alpha value is -2.64. The van der Waals surface area contributed by atoms with Gasteiger partial charge in [-0.2, -0.15) is 0 Å². The molecule has 1 aliphatic heterocycles. The maximum Gasteiger partial charge on any atom is 0.327 e. The fourth-order valence-corrected chi connectivity index (χ4v) is 5.90. The average Bonchev–Trinajstić information content (AvgIpc) is 3.08. The van der Waals surface area contributed by atoms with Crippen molar-refractivity contribution in [3.05, 3.63) is 27.8 Å². The first-order valence-electron chi connectivity index (χ1n) is 13.4. The summed E-state index contributed by atoms with van der Waals surface area (Å²) >= 11 is 0. The number of likely N-dealkylation sites (tertiary alicyclic amines) is 1. The molecule has 2 aliphatic rings. The lowest BCUT2D eigenvalue weighted by atomic mass is 9.68. The van der Waals surface area contributed by atoms with E-state index in [1.165, 1.54) is 0 Å². The molecule has 3 heterocycles. The van der Waals surface area contributed by atoms with E-state index in [0.29, 0.717) is 18.7 Å². The molecule has 2 atom stereocenters. The molecule has 0 aromatic carbocycles. The summed E-state index contributed by atoms with van der Waals surface area (Å²) in [4.78, 5) is 47.1. The lowest BCUT2D eigenvalue weighted by Crippen LogP contribution is -2.51. The van der Waals surface area contributed by atoms with Gasteiger partial charge in [0.2, 0.25) is 11.8 Å². The monoisotopic (exact) mass is 497 g/mol. The third kappa shape index (κ3) is 5.52. The molecule has 198 valence electrons. The Balaban J connectivity index is 1.56. The van der Waals surface area contributed by atoms with Crippen molar-refractivity contribution in [3.8, 4) is 0 Å². The summed E-state index contributed by atoms with van der Waals surface area (Å²) in [5.41, 5.74) is 3.60. The summed E-state index contributed by atoms with van der Waals surface area (Å²) in [5.74, 6) is 0.372. The van der Waals surface area contributed by atoms with E-state index in [1.807, 2.05) is 4.90 Å². The van der Waals surface area contributed by atoms with E-state index in [2.05, 4.69) is 51.0 Å². The van der Waals surface area contributed by atoms with E-state index >= 15 is 0 Å². The van der Waals surface area contributed by atoms with Crippen molar-refractivity contribution in [2.24, 2.45) is 23.8 Å². The molecule has 2 unspecified atom stereocenters. The number of carbonyl (C=O) groups excluding carboxylic acids is 2. The van der Waals surface area contributed by atoms with Gasteiger partial charge >= 0.3 is 5.69 Å². The normalized spacial score (nSPS) is 23.1. The van der Waals surface area contributed by atoms with Gasteiger partial charge in [0, 0.05) is 50.6 Å². The second-order valence-electron chi connectivity index (χ2n) is 12.9. The fraction of sp³-hybridized carbons (Fsp3) is 0.714. The van der Waals surface area contributed by atoms with Crippen molar-refractivity contribution in [1.82, 2.24) is 24.8 Å². The first kappa shape index (κ1) is 26.4. The second-order valence-corrected chi connectivity index (χ2v) is 12.9. The number of hydrogen-bond donors (Lipinski definition) is 2. The summed E-state index contributed by atoms with van der Waals surface area (Å²) < 4.78 is 1.60. The number of fused-ring (bicyclic) bond motifs is 1. The van der Waals surface area contributed by atoms with E-state index in [0.717, 1.165) is 55.3 Å². The molecule has 4 rings (SSSR count). The smallest absolute Gasteiger partial charge is 0.327 e. The van der Waals surface area contributed by atoms with E-state index in [1.54, 1.807) is 18.5 Å². The summed E-state index contributed by atoms with van der Waals surface area (Å²) in [6, 6.07) is 2.23. The van der Waals surface area contributed by atoms with Gasteiger partial charge in [-0.05, 0) is 61.0 Å². The Morgan fingerprint density at radius 1 is 1.19 bits per heavy atom. The Bertz CT molecular complexity index is 1190. The van der Waals surface area contributed by atoms with Crippen LogP contribution in [0.1, 0.15) is 90.8 Å². The number of nitrogens with one attached hydrogen (secondary N) is 2. The fourth-order valence-electron chi connectivity index (χ4n) is 5.90. The Labute approximate surface area is 214 Å². The standard InChI is InChI=1S/C28H43N5O3/c1-17(34)33-12-9-18(10-13-33)25(35)30-22-15-19(8-11-28(22,5)6)21-14-20(16-27(2,3)4)23-24(29-21)32(7)26(36)31-23/h14,18-19,22H,8-13,15-16H2,1-7H3,(H,30,35)(H,31,36). The summed E-state index contributed by atoms with van der Waals surface area (Å²) in [7, 11) is 1.77. The van der Waals surface area contributed by atoms with Crippen molar-refractivity contribution < 1.29 is 9.59 Å². The van der Waals surface area contributed by atoms with Gasteiger partial charge in [0.05, 0.1) is 5.52 Å². The number of imidazole rings is 1. The van der Waals surface area contributed by atoms with E-state index in [4.69, 9.17) is 4.98 Å². The highest BCUT2D eigenvalue weighted by molar-refractivity contribution is 5.80. The molecule has 2 amide bonds. The number of rotatable bonds is 4. The Morgan fingerprint density at radius 2 is 1.86 bits per heavy atom. The number of aryl methyl sites for hydroxylation is 1. The van der Waals surface area contributed by atoms with Crippen LogP contribution in [0.5, 0.6) is 0 Å². The molecule has 2 fully saturated rings. The molecular weight excluding hydrogens is 454 g/mol. The molecule has 1 aliphatic carbocycles. The molecule has 0 bridgehead atoms. The van der Waals surface area contributed by atoms with Gasteiger partial charge in [0.15, 0.2) is 5.65 Å². The number of aromatic nitrogens is 3. The van der Waals surface area contributed by atoms with Crippen molar-refractivity contribution in [2.75, 3.05) is 13.1 Å². The molecular formula is C28H43N5O3. The number of piperidine rings is 1. The van der Waals surface area contributed by atoms with Crippen molar-refractivity contribution in [2.45, 2.75) is 92.0 Å². The van der Waals surface area contributed by atoms with Crippen LogP contribution >= 0.6 is 0 Å². The van der Waals surface area contributed by atoms with Gasteiger partial charge < -0.3 is 15.2 Å². The highest BCUT2D eigenvalue weighted by atomic mass is 16.2. The minimum atomic E-state index is -0.143. The van der Waals surface area contributed by atoms with Crippen LogP contribution in [0, 0.1) is 16.7 Å². The van der Waals surface area contributed by atoms with Crippen LogP contribution in [0.25, 0.3) is 11.2 Å². The number of carbonyl (C=O) groups is 2. The van der Waals surface area contributed by atoms with E-state index < -0.39 is 0 Å². The van der Waals surface area contributed by atoms with Crippen LogP contribution in [0.15, 0.2) is 10.9 Å². The number of nitrogens with zero attached hydrogens (tertiary/aromatic N) is 3. The molecule has 8 nitrogen and oxygen atoms in total. The van der Waals surface area contributed by atoms with E-state index in [9.17, 15) is 14.4 Å². The molecule has 36 heavy (non-hydrogen) atoms. The maximum absolute atomic E-state index is 13.2. The van der Waals surface area contributed by atoms with Gasteiger partial charge in [-0.1, -0.05) is 34.6 Å². The molecule has 2 aromatic heterocycles. The van der Waals surface area contributed by atoms with Crippen LogP contribution in [0.3, 0.4) is 0 Å². The van der Waals surface area contributed by atoms with Gasteiger partial charge in [0.25, 0.3) is 0 Å². The lowest BCUT2D eigenvalue weighted by molar-refractivity contribution is -0.134. The summed E-state index contributed by atoms with van der Waals surface area (Å²) in [6.45, 7) is 14.0. The van der Waals surface area contributed by atoms with Crippen molar-refractivity contribution in [1.29, 1.82) is 0 Å². The largest absolute Gasteiger partial charge is 0.353 e. The lowest BCUT2D eigenvalue weighted by Gasteiger charge is -2.43. The number of amides is 2. The molecule has 0 radical (unpaired) electrons. The Kier molecular flexibility index (Phi) is 7.10. The zero-order chi connectivity index (χ0) is 26.4. The minimum Gasteiger partial charge on any atom is -0.353 e. The average molecular weight is 498 g/mol. The maximum atomic E-state index is 13.2. The number of pyridine rings is 1. The highest BCUT2D eigenvalue weighted by Crippen LogP contribution is 2.43. The molecule has 1 saturated heterocycles. The quantitative estimate of drug-likeness (QED) is 0.669. The predicted octanol–water partition coefficient (Wildman–Crippen LogP) is 3.89. The summed E-state index contributed by atoms with van der Waals surface area (Å²) in [5, 5.41) is 3.40. The number of H-pyrrole nitrogens is 1. The third-order valence-corrected chi connectivity index (χ3v) is 8.32. The SMILES string of the molecule is CC(=O)N1CCC(C(=O)NC2CC(c3cc(CC(C)(C)C)c4[nH]c(=O)n(C)c4n3)CCC2(C)C)CC1. The van der Waals surface area contributed by atoms with Crippen LogP contribution in [-0.2, 0) is 23.1 Å². The Morgan fingerprint density at radius 3 is 2.47 bits per heavy atom. The number of aromatic amines is 1. The third-order valence-electron chi connectivity index (χ3n) is 8.32. The molecule has 1 saturated carbocycles. The predicted molar refractivity (Wildman–Crippen MR) is 142 cm³/mol. The highest BCUT2D eigenvalue weighted by Gasteiger charge is 2.40. The molecule has 2 N–H and O–H groups in total. The van der Waals surface area contributed by atoms with Crippen molar-refractivity contribution >= 4 is 23.0 Å². The van der Waals surface area contributed by atoms with Crippen LogP contribution in [0.4, 0.5) is 0 Å². The zero-order valence-corrected chi connectivity index (χ0v) is 23.0. The second kappa shape index (κ2) is 9.67.